The molecule has 2 atom stereocenters. The number of hydrogen-bond donors (Lipinski definition) is 3. The molecule has 1 aliphatic heterocycles. The second-order valence-corrected chi connectivity index (χ2v) is 7.78. The molecule has 7 heteroatoms. The van der Waals surface area contributed by atoms with Gasteiger partial charge in [0.2, 0.25) is 5.91 Å². The monoisotopic (exact) mass is 415 g/mol. The van der Waals surface area contributed by atoms with Crippen molar-refractivity contribution in [1.29, 1.82) is 0 Å². The molecular formula is C22H26ClN3O3. The third kappa shape index (κ3) is 4.96. The SMILES string of the molecule is Cc1cccc(C(O)C(=O)N2CCCC2C(=O)NCc2cc(Cl)ccc2CN)c1. The highest BCUT2D eigenvalue weighted by molar-refractivity contribution is 6.30. The largest absolute Gasteiger partial charge is 0.378 e. The number of nitrogens with two attached hydrogens (primary N) is 1. The molecule has 0 bridgehead atoms. The van der Waals surface area contributed by atoms with Crippen molar-refractivity contribution in [3.8, 4) is 0 Å². The Labute approximate surface area is 175 Å². The van der Waals surface area contributed by atoms with Gasteiger partial charge in [-0.3, -0.25) is 9.59 Å². The van der Waals surface area contributed by atoms with E-state index in [0.717, 1.165) is 23.1 Å². The summed E-state index contributed by atoms with van der Waals surface area (Å²) in [6, 6.07) is 12.0. The van der Waals surface area contributed by atoms with E-state index in [4.69, 9.17) is 17.3 Å². The predicted octanol–water partition coefficient (Wildman–Crippen LogP) is 2.45. The van der Waals surface area contributed by atoms with Gasteiger partial charge in [0.25, 0.3) is 5.91 Å². The maximum Gasteiger partial charge on any atom is 0.256 e. The number of nitrogens with one attached hydrogen (secondary N) is 1. The average molecular weight is 416 g/mol. The number of carbonyl (C=O) groups excluding carboxylic acids is 2. The first-order valence-electron chi connectivity index (χ1n) is 9.71. The Balaban J connectivity index is 1.67. The van der Waals surface area contributed by atoms with Crippen LogP contribution in [0.25, 0.3) is 0 Å². The van der Waals surface area contributed by atoms with Crippen LogP contribution in [0.2, 0.25) is 5.02 Å². The maximum atomic E-state index is 12.9. The van der Waals surface area contributed by atoms with E-state index in [0.29, 0.717) is 30.1 Å². The molecule has 1 heterocycles. The van der Waals surface area contributed by atoms with Gasteiger partial charge in [-0.1, -0.05) is 47.5 Å². The number of aliphatic hydroxyl groups excluding tert-OH is 1. The van der Waals surface area contributed by atoms with Crippen LogP contribution >= 0.6 is 11.6 Å². The van der Waals surface area contributed by atoms with Gasteiger partial charge in [-0.25, -0.2) is 0 Å². The van der Waals surface area contributed by atoms with Crippen LogP contribution in [0.3, 0.4) is 0 Å². The number of likely N-dealkylation sites (tertiary alicyclic amines) is 1. The Morgan fingerprint density at radius 2 is 2.07 bits per heavy atom. The highest BCUT2D eigenvalue weighted by Gasteiger charge is 2.37. The highest BCUT2D eigenvalue weighted by Crippen LogP contribution is 2.24. The van der Waals surface area contributed by atoms with Crippen LogP contribution in [-0.4, -0.2) is 34.4 Å². The smallest absolute Gasteiger partial charge is 0.256 e. The second-order valence-electron chi connectivity index (χ2n) is 7.34. The van der Waals surface area contributed by atoms with Gasteiger partial charge in [0.15, 0.2) is 6.10 Å². The van der Waals surface area contributed by atoms with Crippen molar-refractivity contribution in [3.05, 3.63) is 69.7 Å². The topological polar surface area (TPSA) is 95.7 Å². The number of amides is 2. The van der Waals surface area contributed by atoms with E-state index in [1.165, 1.54) is 4.90 Å². The fourth-order valence-electron chi connectivity index (χ4n) is 3.70. The predicted molar refractivity (Wildman–Crippen MR) is 112 cm³/mol. The fraction of sp³-hybridized carbons (Fsp3) is 0.364. The summed E-state index contributed by atoms with van der Waals surface area (Å²) in [5, 5.41) is 14.0. The summed E-state index contributed by atoms with van der Waals surface area (Å²) in [7, 11) is 0. The molecule has 2 unspecified atom stereocenters. The molecule has 1 aliphatic rings. The molecule has 6 nitrogen and oxygen atoms in total. The summed E-state index contributed by atoms with van der Waals surface area (Å²) in [5.41, 5.74) is 9.01. The number of aryl methyl sites for hydroxylation is 1. The van der Waals surface area contributed by atoms with Gasteiger partial charge < -0.3 is 21.1 Å². The van der Waals surface area contributed by atoms with Gasteiger partial charge in [-0.05, 0) is 48.6 Å². The van der Waals surface area contributed by atoms with E-state index in [2.05, 4.69) is 5.32 Å². The molecule has 0 saturated carbocycles. The first-order valence-corrected chi connectivity index (χ1v) is 10.1. The zero-order valence-electron chi connectivity index (χ0n) is 16.4. The molecule has 29 heavy (non-hydrogen) atoms. The molecule has 0 aliphatic carbocycles. The minimum atomic E-state index is -1.28. The van der Waals surface area contributed by atoms with Gasteiger partial charge in [0, 0.05) is 24.7 Å². The summed E-state index contributed by atoms with van der Waals surface area (Å²) in [6.07, 6.45) is 0.00699. The van der Waals surface area contributed by atoms with Crippen LogP contribution in [0.15, 0.2) is 42.5 Å². The Bertz CT molecular complexity index is 903. The van der Waals surface area contributed by atoms with Crippen molar-refractivity contribution in [2.45, 2.75) is 45.0 Å². The van der Waals surface area contributed by atoms with E-state index in [1.54, 1.807) is 30.3 Å². The van der Waals surface area contributed by atoms with Crippen LogP contribution in [0, 0.1) is 6.92 Å². The number of carbonyl (C=O) groups is 2. The van der Waals surface area contributed by atoms with E-state index in [1.807, 2.05) is 19.1 Å². The van der Waals surface area contributed by atoms with Crippen molar-refractivity contribution in [2.75, 3.05) is 6.54 Å². The van der Waals surface area contributed by atoms with Crippen LogP contribution in [0.4, 0.5) is 0 Å². The number of aliphatic hydroxyl groups is 1. The van der Waals surface area contributed by atoms with Gasteiger partial charge in [-0.15, -0.1) is 0 Å². The summed E-state index contributed by atoms with van der Waals surface area (Å²) in [4.78, 5) is 27.1. The van der Waals surface area contributed by atoms with Crippen LogP contribution < -0.4 is 11.1 Å². The van der Waals surface area contributed by atoms with Gasteiger partial charge >= 0.3 is 0 Å². The van der Waals surface area contributed by atoms with Gasteiger partial charge in [0.05, 0.1) is 0 Å². The van der Waals surface area contributed by atoms with E-state index in [9.17, 15) is 14.7 Å². The van der Waals surface area contributed by atoms with Crippen molar-refractivity contribution < 1.29 is 14.7 Å². The van der Waals surface area contributed by atoms with Crippen LogP contribution in [-0.2, 0) is 22.7 Å². The molecule has 4 N–H and O–H groups in total. The van der Waals surface area contributed by atoms with Crippen molar-refractivity contribution in [2.24, 2.45) is 5.73 Å². The van der Waals surface area contributed by atoms with Gasteiger partial charge in [-0.2, -0.15) is 0 Å². The van der Waals surface area contributed by atoms with Crippen LogP contribution in [0.5, 0.6) is 0 Å². The Kier molecular flexibility index (Phi) is 6.90. The third-order valence-electron chi connectivity index (χ3n) is 5.27. The second kappa shape index (κ2) is 9.39. The minimum absolute atomic E-state index is 0.241. The lowest BCUT2D eigenvalue weighted by atomic mass is 10.0. The van der Waals surface area contributed by atoms with Crippen LogP contribution in [0.1, 0.15) is 41.2 Å². The van der Waals surface area contributed by atoms with Crippen molar-refractivity contribution in [1.82, 2.24) is 10.2 Å². The lowest BCUT2D eigenvalue weighted by Gasteiger charge is -2.26. The quantitative estimate of drug-likeness (QED) is 0.675. The highest BCUT2D eigenvalue weighted by atomic mass is 35.5. The number of halogens is 1. The standard InChI is InChI=1S/C22H26ClN3O3/c1-14-4-2-5-15(10-14)20(27)22(29)26-9-3-6-19(26)21(28)25-13-17-11-18(23)8-7-16(17)12-24/h2,4-5,7-8,10-11,19-20,27H,3,6,9,12-13,24H2,1H3,(H,25,28). The molecule has 2 aromatic carbocycles. The molecule has 3 rings (SSSR count). The normalized spacial score (nSPS) is 17.2. The fourth-order valence-corrected chi connectivity index (χ4v) is 3.90. The number of benzene rings is 2. The number of rotatable bonds is 6. The lowest BCUT2D eigenvalue weighted by molar-refractivity contribution is -0.145. The molecular weight excluding hydrogens is 390 g/mol. The summed E-state index contributed by atoms with van der Waals surface area (Å²) < 4.78 is 0. The molecule has 1 fully saturated rings. The third-order valence-corrected chi connectivity index (χ3v) is 5.51. The summed E-state index contributed by atoms with van der Waals surface area (Å²) in [6.45, 7) is 2.98. The number of hydrogen-bond acceptors (Lipinski definition) is 4. The zero-order chi connectivity index (χ0) is 21.0. The molecule has 0 spiro atoms. The molecule has 2 amide bonds. The number of nitrogens with zero attached hydrogens (tertiary/aromatic N) is 1. The Morgan fingerprint density at radius 1 is 1.28 bits per heavy atom. The average Bonchev–Trinajstić information content (AvgIpc) is 3.21. The van der Waals surface area contributed by atoms with E-state index in [-0.39, 0.29) is 12.5 Å². The van der Waals surface area contributed by atoms with E-state index < -0.39 is 18.1 Å². The molecule has 154 valence electrons. The van der Waals surface area contributed by atoms with Crippen molar-refractivity contribution in [3.63, 3.8) is 0 Å². The molecule has 2 aromatic rings. The molecule has 1 saturated heterocycles. The lowest BCUT2D eigenvalue weighted by Crippen LogP contribution is -2.47. The minimum Gasteiger partial charge on any atom is -0.378 e. The van der Waals surface area contributed by atoms with Gasteiger partial charge in [0.1, 0.15) is 6.04 Å². The first-order chi connectivity index (χ1) is 13.9. The maximum absolute atomic E-state index is 12.9. The summed E-state index contributed by atoms with van der Waals surface area (Å²) >= 11 is 6.05. The van der Waals surface area contributed by atoms with Crippen molar-refractivity contribution >= 4 is 23.4 Å². The Morgan fingerprint density at radius 3 is 2.79 bits per heavy atom. The first kappa shape index (κ1) is 21.3. The Hall–Kier alpha value is -2.41. The molecule has 0 radical (unpaired) electrons. The molecule has 0 aromatic heterocycles. The summed E-state index contributed by atoms with van der Waals surface area (Å²) in [5.74, 6) is -0.686. The van der Waals surface area contributed by atoms with E-state index >= 15 is 0 Å². The zero-order valence-corrected chi connectivity index (χ0v) is 17.2.